The van der Waals surface area contributed by atoms with Gasteiger partial charge < -0.3 is 10.3 Å². The molecule has 6 heteroatoms. The van der Waals surface area contributed by atoms with Gasteiger partial charge >= 0.3 is 0 Å². The van der Waals surface area contributed by atoms with Crippen molar-refractivity contribution >= 4 is 29.0 Å². The van der Waals surface area contributed by atoms with Crippen LogP contribution < -0.4 is 5.73 Å². The first kappa shape index (κ1) is 13.9. The third-order valence-corrected chi connectivity index (χ3v) is 3.55. The maximum atomic E-state index is 14.2. The van der Waals surface area contributed by atoms with Gasteiger partial charge in [0.05, 0.1) is 10.6 Å². The Morgan fingerprint density at radius 3 is 2.62 bits per heavy atom. The summed E-state index contributed by atoms with van der Waals surface area (Å²) in [6.45, 7) is 0. The smallest absolute Gasteiger partial charge is 0.177 e. The zero-order valence-corrected chi connectivity index (χ0v) is 12.1. The first-order valence-electron chi connectivity index (χ1n) is 6.03. The van der Waals surface area contributed by atoms with E-state index in [1.165, 1.54) is 6.07 Å². The lowest BCUT2D eigenvalue weighted by Crippen LogP contribution is -1.92. The molecule has 0 atom stereocenters. The van der Waals surface area contributed by atoms with Gasteiger partial charge in [-0.2, -0.15) is 0 Å². The molecule has 1 aromatic heterocycles. The van der Waals surface area contributed by atoms with E-state index in [2.05, 4.69) is 5.16 Å². The van der Waals surface area contributed by atoms with E-state index < -0.39 is 5.82 Å². The quantitative estimate of drug-likeness (QED) is 0.719. The molecule has 3 aromatic rings. The summed E-state index contributed by atoms with van der Waals surface area (Å²) in [6.07, 6.45) is 0. The van der Waals surface area contributed by atoms with Crippen LogP contribution in [-0.4, -0.2) is 5.16 Å². The summed E-state index contributed by atoms with van der Waals surface area (Å²) in [7, 11) is 0. The Balaban J connectivity index is 2.25. The van der Waals surface area contributed by atoms with E-state index in [0.717, 1.165) is 0 Å². The number of halogens is 3. The Labute approximate surface area is 130 Å². The highest BCUT2D eigenvalue weighted by molar-refractivity contribution is 6.31. The van der Waals surface area contributed by atoms with E-state index in [-0.39, 0.29) is 16.4 Å². The second-order valence-corrected chi connectivity index (χ2v) is 5.23. The minimum absolute atomic E-state index is 0.00476. The molecule has 106 valence electrons. The maximum absolute atomic E-state index is 14.2. The van der Waals surface area contributed by atoms with E-state index in [9.17, 15) is 4.39 Å². The van der Waals surface area contributed by atoms with E-state index in [1.54, 1.807) is 36.4 Å². The van der Waals surface area contributed by atoms with Crippen LogP contribution in [-0.2, 0) is 0 Å². The van der Waals surface area contributed by atoms with Crippen molar-refractivity contribution in [2.24, 2.45) is 0 Å². The number of anilines is 1. The number of hydrogen-bond acceptors (Lipinski definition) is 3. The molecule has 0 aliphatic heterocycles. The molecule has 0 spiro atoms. The molecular weight excluding hydrogens is 314 g/mol. The fourth-order valence-corrected chi connectivity index (χ4v) is 2.45. The monoisotopic (exact) mass is 322 g/mol. The minimum Gasteiger partial charge on any atom is -0.380 e. The van der Waals surface area contributed by atoms with E-state index in [4.69, 9.17) is 33.5 Å². The third-order valence-electron chi connectivity index (χ3n) is 3.03. The van der Waals surface area contributed by atoms with Crippen LogP contribution in [0.5, 0.6) is 0 Å². The van der Waals surface area contributed by atoms with Crippen LogP contribution in [0, 0.1) is 5.82 Å². The lowest BCUT2D eigenvalue weighted by atomic mass is 10.0. The first-order chi connectivity index (χ1) is 10.1. The van der Waals surface area contributed by atoms with Crippen LogP contribution in [0.3, 0.4) is 0 Å². The highest BCUT2D eigenvalue weighted by atomic mass is 35.5. The van der Waals surface area contributed by atoms with Gasteiger partial charge in [-0.15, -0.1) is 0 Å². The van der Waals surface area contributed by atoms with Crippen molar-refractivity contribution < 1.29 is 8.91 Å². The van der Waals surface area contributed by atoms with Crippen LogP contribution >= 0.6 is 23.2 Å². The zero-order valence-electron chi connectivity index (χ0n) is 10.6. The Morgan fingerprint density at radius 1 is 1.10 bits per heavy atom. The number of rotatable bonds is 2. The van der Waals surface area contributed by atoms with Gasteiger partial charge in [-0.3, -0.25) is 0 Å². The molecule has 3 rings (SSSR count). The SMILES string of the molecule is Nc1noc(-c2cccc(Cl)c2)c1-c1cccc(Cl)c1F. The van der Waals surface area contributed by atoms with Gasteiger partial charge in [0, 0.05) is 16.1 Å². The molecule has 1 heterocycles. The Morgan fingerprint density at radius 2 is 1.86 bits per heavy atom. The standard InChI is InChI=1S/C15H9Cl2FN2O/c16-9-4-1-3-8(7-9)14-12(15(19)20-21-14)10-5-2-6-11(17)13(10)18/h1-7H,(H2,19,20). The van der Waals surface area contributed by atoms with Gasteiger partial charge in [0.2, 0.25) is 0 Å². The zero-order chi connectivity index (χ0) is 15.0. The van der Waals surface area contributed by atoms with Crippen molar-refractivity contribution in [2.75, 3.05) is 5.73 Å². The van der Waals surface area contributed by atoms with Gasteiger partial charge in [0.15, 0.2) is 11.6 Å². The van der Waals surface area contributed by atoms with Crippen molar-refractivity contribution in [1.82, 2.24) is 5.16 Å². The highest BCUT2D eigenvalue weighted by Crippen LogP contribution is 2.39. The average Bonchev–Trinajstić information content (AvgIpc) is 2.84. The third kappa shape index (κ3) is 2.48. The predicted octanol–water partition coefficient (Wildman–Crippen LogP) is 5.04. The van der Waals surface area contributed by atoms with Crippen LogP contribution in [0.1, 0.15) is 0 Å². The number of nitrogen functional groups attached to an aromatic ring is 1. The number of hydrogen-bond donors (Lipinski definition) is 1. The second kappa shape index (κ2) is 5.39. The molecule has 0 aliphatic rings. The summed E-state index contributed by atoms with van der Waals surface area (Å²) in [4.78, 5) is 0. The topological polar surface area (TPSA) is 52.0 Å². The number of nitrogens with zero attached hydrogens (tertiary/aromatic N) is 1. The number of nitrogens with two attached hydrogens (primary N) is 1. The number of aromatic nitrogens is 1. The molecule has 2 aromatic carbocycles. The van der Waals surface area contributed by atoms with Gasteiger partial charge in [-0.05, 0) is 18.2 Å². The second-order valence-electron chi connectivity index (χ2n) is 4.38. The lowest BCUT2D eigenvalue weighted by Gasteiger charge is -2.05. The van der Waals surface area contributed by atoms with E-state index in [0.29, 0.717) is 21.9 Å². The van der Waals surface area contributed by atoms with Gasteiger partial charge in [0.1, 0.15) is 5.82 Å². The Kier molecular flexibility index (Phi) is 3.57. The Hall–Kier alpha value is -2.04. The van der Waals surface area contributed by atoms with Crippen molar-refractivity contribution in [3.8, 4) is 22.5 Å². The highest BCUT2D eigenvalue weighted by Gasteiger charge is 2.21. The fourth-order valence-electron chi connectivity index (χ4n) is 2.09. The summed E-state index contributed by atoms with van der Waals surface area (Å²) in [5.74, 6) is -0.139. The molecule has 3 nitrogen and oxygen atoms in total. The van der Waals surface area contributed by atoms with Gasteiger partial charge in [-0.1, -0.05) is 52.6 Å². The van der Waals surface area contributed by atoms with E-state index in [1.807, 2.05) is 0 Å². The summed E-state index contributed by atoms with van der Waals surface area (Å²) in [5.41, 5.74) is 7.07. The maximum Gasteiger partial charge on any atom is 0.177 e. The predicted molar refractivity (Wildman–Crippen MR) is 81.8 cm³/mol. The molecule has 0 aliphatic carbocycles. The average molecular weight is 323 g/mol. The Bertz CT molecular complexity index is 817. The number of benzene rings is 2. The molecule has 0 fully saturated rings. The molecule has 0 unspecified atom stereocenters. The molecule has 0 radical (unpaired) electrons. The van der Waals surface area contributed by atoms with Gasteiger partial charge in [0.25, 0.3) is 0 Å². The van der Waals surface area contributed by atoms with Crippen molar-refractivity contribution in [3.05, 3.63) is 58.3 Å². The molecule has 0 saturated heterocycles. The van der Waals surface area contributed by atoms with Gasteiger partial charge in [-0.25, -0.2) is 4.39 Å². The summed E-state index contributed by atoms with van der Waals surface area (Å²) in [6, 6.07) is 11.6. The first-order valence-corrected chi connectivity index (χ1v) is 6.79. The van der Waals surface area contributed by atoms with Crippen LogP contribution in [0.15, 0.2) is 47.0 Å². The van der Waals surface area contributed by atoms with E-state index >= 15 is 0 Å². The summed E-state index contributed by atoms with van der Waals surface area (Å²) in [5, 5.41) is 4.25. The van der Waals surface area contributed by atoms with Crippen molar-refractivity contribution in [3.63, 3.8) is 0 Å². The molecule has 0 saturated carbocycles. The molecule has 21 heavy (non-hydrogen) atoms. The molecule has 2 N–H and O–H groups in total. The molecule has 0 bridgehead atoms. The lowest BCUT2D eigenvalue weighted by molar-refractivity contribution is 0.436. The summed E-state index contributed by atoms with van der Waals surface area (Å²) < 4.78 is 19.5. The van der Waals surface area contributed by atoms with Crippen LogP contribution in [0.25, 0.3) is 22.5 Å². The normalized spacial score (nSPS) is 10.8. The molecule has 0 amide bonds. The fraction of sp³-hybridized carbons (Fsp3) is 0. The molecular formula is C15H9Cl2FN2O. The minimum atomic E-state index is -0.572. The summed E-state index contributed by atoms with van der Waals surface area (Å²) >= 11 is 11.8. The van der Waals surface area contributed by atoms with Crippen molar-refractivity contribution in [2.45, 2.75) is 0 Å². The van der Waals surface area contributed by atoms with Crippen molar-refractivity contribution in [1.29, 1.82) is 0 Å². The largest absolute Gasteiger partial charge is 0.380 e. The van der Waals surface area contributed by atoms with Crippen LogP contribution in [0.4, 0.5) is 10.2 Å². The van der Waals surface area contributed by atoms with Crippen LogP contribution in [0.2, 0.25) is 10.0 Å².